The van der Waals surface area contributed by atoms with Crippen LogP contribution in [0.5, 0.6) is 0 Å². The fourth-order valence-corrected chi connectivity index (χ4v) is 8.02. The Morgan fingerprint density at radius 2 is 1.28 bits per heavy atom. The molecule has 0 amide bonds. The number of ether oxygens (including phenoxy) is 1. The number of unbranched alkanes of at least 4 members (excludes halogenated alkanes) is 3. The maximum absolute atomic E-state index is 11.7. The molecule has 0 saturated heterocycles. The molecule has 0 aromatic heterocycles. The van der Waals surface area contributed by atoms with Gasteiger partial charge in [0.05, 0.1) is 0 Å². The van der Waals surface area contributed by atoms with E-state index in [-0.39, 0.29) is 5.97 Å². The zero-order valence-electron chi connectivity index (χ0n) is 12.9. The van der Waals surface area contributed by atoms with Gasteiger partial charge in [-0.1, -0.05) is 0 Å². The molecular formula is C15H33O2P. The standard InChI is InChI=1S/C15H33O2P/c1-5-8-11-18(12-9-6-2,13-10-7-3)14-15(16)17-4/h18H,5-14H2,1-4H3. The van der Waals surface area contributed by atoms with E-state index in [1.165, 1.54) is 64.1 Å². The van der Waals surface area contributed by atoms with Crippen LogP contribution >= 0.6 is 7.26 Å². The van der Waals surface area contributed by atoms with Crippen molar-refractivity contribution in [1.82, 2.24) is 0 Å². The van der Waals surface area contributed by atoms with Crippen LogP contribution in [0.2, 0.25) is 0 Å². The van der Waals surface area contributed by atoms with Crippen molar-refractivity contribution in [3.05, 3.63) is 0 Å². The first-order valence-electron chi connectivity index (χ1n) is 7.71. The summed E-state index contributed by atoms with van der Waals surface area (Å²) in [5, 5.41) is 0. The minimum absolute atomic E-state index is 0.0324. The number of carbonyl (C=O) groups is 1. The van der Waals surface area contributed by atoms with Gasteiger partial charge in [-0.2, -0.15) is 0 Å². The molecule has 18 heavy (non-hydrogen) atoms. The van der Waals surface area contributed by atoms with Crippen molar-refractivity contribution in [1.29, 1.82) is 0 Å². The quantitative estimate of drug-likeness (QED) is 0.415. The molecule has 3 heteroatoms. The van der Waals surface area contributed by atoms with Crippen LogP contribution in [0.3, 0.4) is 0 Å². The molecule has 0 rings (SSSR count). The zero-order valence-corrected chi connectivity index (χ0v) is 13.9. The Morgan fingerprint density at radius 3 is 1.56 bits per heavy atom. The predicted octanol–water partition coefficient (Wildman–Crippen LogP) is 4.31. The third-order valence-electron chi connectivity index (χ3n) is 3.93. The molecule has 0 N–H and O–H groups in total. The van der Waals surface area contributed by atoms with Crippen LogP contribution in [0.15, 0.2) is 0 Å². The van der Waals surface area contributed by atoms with E-state index in [4.69, 9.17) is 4.74 Å². The van der Waals surface area contributed by atoms with Crippen molar-refractivity contribution in [3.8, 4) is 0 Å². The van der Waals surface area contributed by atoms with E-state index in [9.17, 15) is 4.79 Å². The number of carbonyl (C=O) groups excluding carboxylic acids is 1. The second-order valence-corrected chi connectivity index (χ2v) is 10.4. The molecule has 0 spiro atoms. The van der Waals surface area contributed by atoms with Gasteiger partial charge in [0.25, 0.3) is 0 Å². The number of hydrogen-bond donors (Lipinski definition) is 0. The van der Waals surface area contributed by atoms with Crippen molar-refractivity contribution in [2.75, 3.05) is 31.8 Å². The van der Waals surface area contributed by atoms with E-state index >= 15 is 0 Å². The molecule has 0 aliphatic rings. The summed E-state index contributed by atoms with van der Waals surface area (Å²) in [5.41, 5.74) is 0. The summed E-state index contributed by atoms with van der Waals surface area (Å²) in [6.07, 6.45) is 12.3. The van der Waals surface area contributed by atoms with Gasteiger partial charge in [0.15, 0.2) is 0 Å². The Bertz CT molecular complexity index is 195. The molecule has 0 bridgehead atoms. The second kappa shape index (κ2) is 10.8. The van der Waals surface area contributed by atoms with Crippen LogP contribution in [0.25, 0.3) is 0 Å². The van der Waals surface area contributed by atoms with E-state index in [1.807, 2.05) is 0 Å². The fraction of sp³-hybridized carbons (Fsp3) is 0.933. The summed E-state index contributed by atoms with van der Waals surface area (Å²) < 4.78 is 4.94. The van der Waals surface area contributed by atoms with Crippen molar-refractivity contribution >= 4 is 13.2 Å². The summed E-state index contributed by atoms with van der Waals surface area (Å²) in [5.74, 6) is 0.0324. The molecule has 0 aliphatic carbocycles. The van der Waals surface area contributed by atoms with Gasteiger partial charge < -0.3 is 0 Å². The second-order valence-electron chi connectivity index (χ2n) is 5.56. The van der Waals surface area contributed by atoms with Crippen molar-refractivity contribution in [2.24, 2.45) is 0 Å². The molecule has 0 aromatic rings. The summed E-state index contributed by atoms with van der Waals surface area (Å²) >= 11 is 0. The van der Waals surface area contributed by atoms with Gasteiger partial charge in [0, 0.05) is 0 Å². The SMILES string of the molecule is CCCC[PH](CCCC)(CCCC)CC(=O)OC. The summed E-state index contributed by atoms with van der Waals surface area (Å²) in [4.78, 5) is 11.7. The number of esters is 1. The van der Waals surface area contributed by atoms with Gasteiger partial charge in [-0.3, -0.25) is 0 Å². The van der Waals surface area contributed by atoms with E-state index in [2.05, 4.69) is 20.8 Å². The molecule has 0 aliphatic heterocycles. The Kier molecular flexibility index (Phi) is 10.7. The molecular weight excluding hydrogens is 243 g/mol. The van der Waals surface area contributed by atoms with Crippen LogP contribution < -0.4 is 0 Å². The average molecular weight is 276 g/mol. The predicted molar refractivity (Wildman–Crippen MR) is 84.5 cm³/mol. The van der Waals surface area contributed by atoms with E-state index in [0.29, 0.717) is 0 Å². The molecule has 0 saturated carbocycles. The molecule has 0 radical (unpaired) electrons. The van der Waals surface area contributed by atoms with Gasteiger partial charge >= 0.3 is 114 Å². The maximum atomic E-state index is 11.7. The van der Waals surface area contributed by atoms with Crippen molar-refractivity contribution in [2.45, 2.75) is 59.3 Å². The molecule has 0 heterocycles. The van der Waals surface area contributed by atoms with Gasteiger partial charge in [-0.15, -0.1) is 0 Å². The van der Waals surface area contributed by atoms with Crippen LogP contribution in [0.1, 0.15) is 59.3 Å². The molecule has 0 atom stereocenters. The number of rotatable bonds is 11. The molecule has 0 unspecified atom stereocenters. The van der Waals surface area contributed by atoms with Crippen LogP contribution in [-0.2, 0) is 9.53 Å². The minimum atomic E-state index is -1.42. The van der Waals surface area contributed by atoms with Crippen LogP contribution in [0, 0.1) is 0 Å². The first kappa shape index (κ1) is 17.9. The van der Waals surface area contributed by atoms with Gasteiger partial charge in [-0.05, 0) is 0 Å². The fourth-order valence-electron chi connectivity index (χ4n) is 2.67. The third kappa shape index (κ3) is 7.36. The molecule has 2 nitrogen and oxygen atoms in total. The van der Waals surface area contributed by atoms with E-state index in [1.54, 1.807) is 0 Å². The Balaban J connectivity index is 4.66. The van der Waals surface area contributed by atoms with Gasteiger partial charge in [0.1, 0.15) is 0 Å². The molecule has 0 aromatic carbocycles. The van der Waals surface area contributed by atoms with Gasteiger partial charge in [-0.25, -0.2) is 0 Å². The van der Waals surface area contributed by atoms with Gasteiger partial charge in [0.2, 0.25) is 0 Å². The Hall–Kier alpha value is -0.100. The monoisotopic (exact) mass is 276 g/mol. The third-order valence-corrected chi connectivity index (χ3v) is 9.21. The average Bonchev–Trinajstić information content (AvgIpc) is 2.40. The summed E-state index contributed by atoms with van der Waals surface area (Å²) in [6.45, 7) is 6.74. The van der Waals surface area contributed by atoms with Crippen LogP contribution in [0.4, 0.5) is 0 Å². The summed E-state index contributed by atoms with van der Waals surface area (Å²) in [7, 11) is 0.112. The zero-order chi connectivity index (χ0) is 13.9. The Morgan fingerprint density at radius 1 is 0.889 bits per heavy atom. The van der Waals surface area contributed by atoms with E-state index in [0.717, 1.165) is 6.16 Å². The topological polar surface area (TPSA) is 26.3 Å². The normalized spacial score (nSPS) is 12.4. The number of methoxy groups -OCH3 is 1. The van der Waals surface area contributed by atoms with Crippen LogP contribution in [-0.4, -0.2) is 37.7 Å². The first-order chi connectivity index (χ1) is 8.64. The summed E-state index contributed by atoms with van der Waals surface area (Å²) in [6, 6.07) is 0. The Labute approximate surface area is 114 Å². The van der Waals surface area contributed by atoms with E-state index < -0.39 is 7.26 Å². The van der Waals surface area contributed by atoms with Crippen molar-refractivity contribution in [3.63, 3.8) is 0 Å². The molecule has 110 valence electrons. The molecule has 0 fully saturated rings. The first-order valence-corrected chi connectivity index (χ1v) is 10.5. The van der Waals surface area contributed by atoms with Crippen molar-refractivity contribution < 1.29 is 9.53 Å². The number of hydrogen-bond acceptors (Lipinski definition) is 2.